The van der Waals surface area contributed by atoms with E-state index >= 15 is 0 Å². The van der Waals surface area contributed by atoms with Gasteiger partial charge in [0.2, 0.25) is 5.95 Å². The molecule has 12 heteroatoms. The number of H-pyrrole nitrogens is 1. The number of imidazole rings is 1. The van der Waals surface area contributed by atoms with Gasteiger partial charge in [0, 0.05) is 12.1 Å². The highest BCUT2D eigenvalue weighted by atomic mass is 16.4. The Balaban J connectivity index is 1.72. The fraction of sp³-hybridized carbons (Fsp3) is 0.458. The molecule has 2 heterocycles. The van der Waals surface area contributed by atoms with Gasteiger partial charge in [0.1, 0.15) is 11.6 Å². The molecule has 194 valence electrons. The molecular formula is C24H34N8O4. The fourth-order valence-electron chi connectivity index (χ4n) is 3.75. The van der Waals surface area contributed by atoms with E-state index in [2.05, 4.69) is 37.8 Å². The van der Waals surface area contributed by atoms with Crippen molar-refractivity contribution in [1.29, 1.82) is 0 Å². The number of carbonyl (C=O) groups excluding carboxylic acids is 1. The van der Waals surface area contributed by atoms with Crippen molar-refractivity contribution in [3.8, 4) is 0 Å². The Bertz CT molecular complexity index is 1240. The molecule has 0 radical (unpaired) electrons. The van der Waals surface area contributed by atoms with Gasteiger partial charge in [-0.1, -0.05) is 25.5 Å². The van der Waals surface area contributed by atoms with Crippen LogP contribution in [0.15, 0.2) is 29.1 Å². The topological polar surface area (TPSA) is 180 Å². The highest BCUT2D eigenvalue weighted by Gasteiger charge is 2.20. The van der Waals surface area contributed by atoms with Gasteiger partial charge in [-0.2, -0.15) is 9.97 Å². The number of carboxylic acid groups (broad SMARTS) is 1. The first kappa shape index (κ1) is 26.7. The number of nitrogen functional groups attached to an aromatic ring is 1. The summed E-state index contributed by atoms with van der Waals surface area (Å²) in [6, 6.07) is 5.68. The van der Waals surface area contributed by atoms with Crippen LogP contribution in [-0.2, 0) is 11.3 Å². The number of fused-ring (bicyclic) bond motifs is 1. The molecule has 0 fully saturated rings. The number of amides is 1. The predicted octanol–water partition coefficient (Wildman–Crippen LogP) is 1.53. The number of carboxylic acids is 1. The van der Waals surface area contributed by atoms with E-state index in [1.807, 2.05) is 7.05 Å². The molecule has 0 unspecified atom stereocenters. The number of hydrogen-bond acceptors (Lipinski definition) is 8. The Morgan fingerprint density at radius 3 is 2.56 bits per heavy atom. The fourth-order valence-corrected chi connectivity index (χ4v) is 3.75. The number of carbonyl (C=O) groups is 2. The van der Waals surface area contributed by atoms with Gasteiger partial charge in [0.15, 0.2) is 11.5 Å². The lowest BCUT2D eigenvalue weighted by molar-refractivity contribution is -0.139. The molecule has 1 aromatic carbocycles. The summed E-state index contributed by atoms with van der Waals surface area (Å²) in [7, 11) is 1.83. The van der Waals surface area contributed by atoms with Gasteiger partial charge < -0.3 is 31.8 Å². The Hall–Kier alpha value is -3.93. The van der Waals surface area contributed by atoms with E-state index in [9.17, 15) is 19.5 Å². The zero-order chi connectivity index (χ0) is 26.1. The molecule has 1 amide bonds. The molecule has 1 atom stereocenters. The quantitative estimate of drug-likeness (QED) is 0.180. The van der Waals surface area contributed by atoms with Gasteiger partial charge in [0.25, 0.3) is 5.91 Å². The van der Waals surface area contributed by atoms with E-state index in [1.165, 1.54) is 4.57 Å². The number of benzene rings is 1. The molecule has 0 aliphatic heterocycles. The lowest BCUT2D eigenvalue weighted by atomic mass is 10.1. The first-order chi connectivity index (χ1) is 17.3. The van der Waals surface area contributed by atoms with Crippen LogP contribution in [0.3, 0.4) is 0 Å². The van der Waals surface area contributed by atoms with Gasteiger partial charge in [-0.3, -0.25) is 9.36 Å². The number of nitrogens with two attached hydrogens (primary N) is 1. The van der Waals surface area contributed by atoms with Crippen molar-refractivity contribution in [2.45, 2.75) is 51.6 Å². The van der Waals surface area contributed by atoms with Gasteiger partial charge >= 0.3 is 11.7 Å². The van der Waals surface area contributed by atoms with E-state index in [1.54, 1.807) is 24.3 Å². The van der Waals surface area contributed by atoms with E-state index in [0.717, 1.165) is 31.4 Å². The van der Waals surface area contributed by atoms with Crippen LogP contribution in [0.5, 0.6) is 0 Å². The predicted molar refractivity (Wildman–Crippen MR) is 138 cm³/mol. The second-order valence-corrected chi connectivity index (χ2v) is 8.59. The first-order valence-electron chi connectivity index (χ1n) is 12.1. The zero-order valence-electron chi connectivity index (χ0n) is 20.6. The molecule has 0 spiro atoms. The van der Waals surface area contributed by atoms with E-state index in [0.29, 0.717) is 42.1 Å². The second kappa shape index (κ2) is 12.7. The minimum atomic E-state index is -1.06. The summed E-state index contributed by atoms with van der Waals surface area (Å²) >= 11 is 0. The van der Waals surface area contributed by atoms with E-state index in [-0.39, 0.29) is 18.1 Å². The molecule has 0 aliphatic rings. The third kappa shape index (κ3) is 6.81. The summed E-state index contributed by atoms with van der Waals surface area (Å²) in [4.78, 5) is 48.1. The smallest absolute Gasteiger partial charge is 0.328 e. The maximum absolute atomic E-state index is 12.6. The number of aliphatic carboxylic acids is 1. The van der Waals surface area contributed by atoms with Gasteiger partial charge in [-0.05, 0) is 57.0 Å². The number of nitrogens with zero attached hydrogens (tertiary/aromatic N) is 3. The molecule has 36 heavy (non-hydrogen) atoms. The van der Waals surface area contributed by atoms with E-state index in [4.69, 9.17) is 5.73 Å². The standard InChI is InChI=1S/C24H34N8O4/c1-3-4-13-27-23-30-19(25)18-20(31-23)32(24(36)29-18)14-15-8-10-16(11-9-15)21(33)28-17(22(34)35)7-5-6-12-26-2/h8-11,17,26H,3-7,12-14H2,1-2H3,(H,28,33)(H,29,36)(H,34,35)(H3,25,27,30,31)/t17-/m0/s1. The van der Waals surface area contributed by atoms with Crippen molar-refractivity contribution >= 4 is 34.8 Å². The summed E-state index contributed by atoms with van der Waals surface area (Å²) in [6.45, 7) is 3.76. The number of rotatable bonds is 14. The summed E-state index contributed by atoms with van der Waals surface area (Å²) in [5.41, 5.74) is 7.50. The summed E-state index contributed by atoms with van der Waals surface area (Å²) in [5, 5.41) is 18.2. The Labute approximate surface area is 208 Å². The van der Waals surface area contributed by atoms with E-state index < -0.39 is 17.9 Å². The number of hydrogen-bond donors (Lipinski definition) is 6. The van der Waals surface area contributed by atoms with Crippen LogP contribution in [0.1, 0.15) is 54.9 Å². The maximum Gasteiger partial charge on any atom is 0.328 e. The second-order valence-electron chi connectivity index (χ2n) is 8.59. The van der Waals surface area contributed by atoms with Crippen LogP contribution in [-0.4, -0.2) is 62.7 Å². The Morgan fingerprint density at radius 2 is 1.89 bits per heavy atom. The maximum atomic E-state index is 12.6. The SMILES string of the molecule is CCCCNc1nc(N)c2[nH]c(=O)n(Cc3ccc(C(=O)N[C@@H](CCCCNC)C(=O)O)cc3)c2n1. The van der Waals surface area contributed by atoms with Crippen LogP contribution in [0, 0.1) is 0 Å². The van der Waals surface area contributed by atoms with Crippen molar-refractivity contribution in [2.24, 2.45) is 0 Å². The number of unbranched alkanes of at least 4 members (excludes halogenated alkanes) is 2. The molecule has 3 rings (SSSR count). The number of aromatic nitrogens is 4. The number of aromatic amines is 1. The van der Waals surface area contributed by atoms with Crippen molar-refractivity contribution < 1.29 is 14.7 Å². The molecule has 7 N–H and O–H groups in total. The molecule has 0 saturated heterocycles. The molecule has 0 bridgehead atoms. The minimum Gasteiger partial charge on any atom is -0.480 e. The molecule has 0 aliphatic carbocycles. The van der Waals surface area contributed by atoms with Gasteiger partial charge in [0.05, 0.1) is 6.54 Å². The molecule has 3 aromatic rings. The van der Waals surface area contributed by atoms with Crippen molar-refractivity contribution in [3.63, 3.8) is 0 Å². The Morgan fingerprint density at radius 1 is 1.14 bits per heavy atom. The van der Waals surface area contributed by atoms with Crippen molar-refractivity contribution in [1.82, 2.24) is 30.2 Å². The highest BCUT2D eigenvalue weighted by Crippen LogP contribution is 2.18. The van der Waals surface area contributed by atoms with Crippen LogP contribution >= 0.6 is 0 Å². The summed E-state index contributed by atoms with van der Waals surface area (Å²) in [5.74, 6) is -0.990. The van der Waals surface area contributed by atoms with Crippen molar-refractivity contribution in [2.75, 3.05) is 31.2 Å². The summed E-state index contributed by atoms with van der Waals surface area (Å²) < 4.78 is 1.46. The monoisotopic (exact) mass is 498 g/mol. The first-order valence-corrected chi connectivity index (χ1v) is 12.1. The molecular weight excluding hydrogens is 464 g/mol. The van der Waals surface area contributed by atoms with Crippen LogP contribution in [0.2, 0.25) is 0 Å². The molecule has 2 aromatic heterocycles. The summed E-state index contributed by atoms with van der Waals surface area (Å²) in [6.07, 6.45) is 3.82. The number of anilines is 2. The van der Waals surface area contributed by atoms with Crippen LogP contribution in [0.25, 0.3) is 11.2 Å². The average Bonchev–Trinajstić information content (AvgIpc) is 3.17. The van der Waals surface area contributed by atoms with Gasteiger partial charge in [-0.25, -0.2) is 9.59 Å². The Kier molecular flexibility index (Phi) is 9.39. The lowest BCUT2D eigenvalue weighted by Gasteiger charge is -2.14. The normalized spacial score (nSPS) is 11.9. The average molecular weight is 499 g/mol. The molecule has 0 saturated carbocycles. The van der Waals surface area contributed by atoms with Crippen molar-refractivity contribution in [3.05, 3.63) is 45.9 Å². The third-order valence-corrected chi connectivity index (χ3v) is 5.79. The van der Waals surface area contributed by atoms with Crippen LogP contribution in [0.4, 0.5) is 11.8 Å². The number of nitrogens with one attached hydrogen (secondary N) is 4. The highest BCUT2D eigenvalue weighted by molar-refractivity contribution is 5.96. The molecule has 12 nitrogen and oxygen atoms in total. The lowest BCUT2D eigenvalue weighted by Crippen LogP contribution is -2.40. The van der Waals surface area contributed by atoms with Gasteiger partial charge in [-0.15, -0.1) is 0 Å². The zero-order valence-corrected chi connectivity index (χ0v) is 20.6. The third-order valence-electron chi connectivity index (χ3n) is 5.79. The largest absolute Gasteiger partial charge is 0.480 e. The minimum absolute atomic E-state index is 0.181. The van der Waals surface area contributed by atoms with Crippen LogP contribution < -0.4 is 27.4 Å².